The van der Waals surface area contributed by atoms with Gasteiger partial charge in [-0.25, -0.2) is 0 Å². The van der Waals surface area contributed by atoms with Crippen LogP contribution in [0.25, 0.3) is 0 Å². The summed E-state index contributed by atoms with van der Waals surface area (Å²) in [6.07, 6.45) is 3.26. The maximum atomic E-state index is 12.3. The van der Waals surface area contributed by atoms with Crippen LogP contribution in [0.2, 0.25) is 18.1 Å². The van der Waals surface area contributed by atoms with Crippen molar-refractivity contribution >= 4 is 20.3 Å². The molecule has 0 fully saturated rings. The van der Waals surface area contributed by atoms with Gasteiger partial charge in [-0.1, -0.05) is 53.9 Å². The van der Waals surface area contributed by atoms with Crippen LogP contribution in [0.5, 0.6) is 0 Å². The predicted molar refractivity (Wildman–Crippen MR) is 98.5 cm³/mol. The minimum absolute atomic E-state index is 0.0108. The second-order valence-corrected chi connectivity index (χ2v) is 12.8. The molecule has 0 radical (unpaired) electrons. The number of hydrogen-bond acceptors (Lipinski definition) is 4. The fraction of sp³-hybridized carbons (Fsp3) is 0.889. The number of aliphatic carboxylic acids is 1. The molecule has 0 amide bonds. The molecular weight excluding hydrogens is 324 g/mol. The summed E-state index contributed by atoms with van der Waals surface area (Å²) in [5.41, 5.74) is 0. The van der Waals surface area contributed by atoms with E-state index in [1.807, 2.05) is 0 Å². The Balaban J connectivity index is 5.60. The number of rotatable bonds is 10. The molecule has 0 aliphatic rings. The molecule has 0 unspecified atom stereocenters. The van der Waals surface area contributed by atoms with E-state index in [1.54, 1.807) is 6.92 Å². The molecule has 3 atom stereocenters. The van der Waals surface area contributed by atoms with E-state index < -0.39 is 38.2 Å². The first-order valence-electron chi connectivity index (χ1n) is 8.87. The molecule has 0 aromatic heterocycles. The van der Waals surface area contributed by atoms with Gasteiger partial charge in [0.1, 0.15) is 0 Å². The molecular formula is C18H36O5Si. The molecule has 24 heavy (non-hydrogen) atoms. The van der Waals surface area contributed by atoms with Gasteiger partial charge in [-0.05, 0) is 24.6 Å². The summed E-state index contributed by atoms with van der Waals surface area (Å²) in [6.45, 7) is 14.3. The summed E-state index contributed by atoms with van der Waals surface area (Å²) in [5, 5.41) is 9.41. The summed E-state index contributed by atoms with van der Waals surface area (Å²) in [5.74, 6) is -3.11. The van der Waals surface area contributed by atoms with Gasteiger partial charge in [0.2, 0.25) is 0 Å². The number of ether oxygens (including phenoxy) is 1. The Bertz CT molecular complexity index is 414. The van der Waals surface area contributed by atoms with Crippen LogP contribution >= 0.6 is 0 Å². The average molecular weight is 361 g/mol. The Morgan fingerprint density at radius 3 is 2.08 bits per heavy atom. The molecule has 0 aromatic rings. The second kappa shape index (κ2) is 9.56. The van der Waals surface area contributed by atoms with Gasteiger partial charge < -0.3 is 14.3 Å². The van der Waals surface area contributed by atoms with Crippen LogP contribution in [0.15, 0.2) is 0 Å². The number of esters is 1. The van der Waals surface area contributed by atoms with Gasteiger partial charge in [-0.3, -0.25) is 9.59 Å². The number of carboxylic acid groups (broad SMARTS) is 1. The minimum atomic E-state index is -2.13. The van der Waals surface area contributed by atoms with Crippen LogP contribution in [-0.2, 0) is 18.8 Å². The van der Waals surface area contributed by atoms with Gasteiger partial charge in [-0.2, -0.15) is 0 Å². The van der Waals surface area contributed by atoms with E-state index >= 15 is 0 Å². The lowest BCUT2D eigenvalue weighted by molar-refractivity contribution is -0.159. The number of methoxy groups -OCH3 is 1. The minimum Gasteiger partial charge on any atom is -0.481 e. The zero-order valence-corrected chi connectivity index (χ0v) is 17.6. The van der Waals surface area contributed by atoms with E-state index in [4.69, 9.17) is 9.16 Å². The van der Waals surface area contributed by atoms with Gasteiger partial charge >= 0.3 is 11.9 Å². The quantitative estimate of drug-likeness (QED) is 0.353. The fourth-order valence-electron chi connectivity index (χ4n) is 2.43. The van der Waals surface area contributed by atoms with Crippen molar-refractivity contribution in [3.05, 3.63) is 0 Å². The number of carboxylic acids is 1. The molecule has 142 valence electrons. The maximum absolute atomic E-state index is 12.3. The Labute approximate surface area is 148 Å². The van der Waals surface area contributed by atoms with Crippen LogP contribution in [0.4, 0.5) is 0 Å². The van der Waals surface area contributed by atoms with Crippen molar-refractivity contribution in [2.75, 3.05) is 7.11 Å². The molecule has 0 bridgehead atoms. The average Bonchev–Trinajstić information content (AvgIpc) is 2.45. The summed E-state index contributed by atoms with van der Waals surface area (Å²) >= 11 is 0. The summed E-state index contributed by atoms with van der Waals surface area (Å²) in [7, 11) is -0.826. The number of unbranched alkanes of at least 4 members (excludes halogenated alkanes) is 2. The summed E-state index contributed by atoms with van der Waals surface area (Å²) in [6, 6.07) is 0. The van der Waals surface area contributed by atoms with E-state index in [9.17, 15) is 14.7 Å². The first kappa shape index (κ1) is 23.1. The Morgan fingerprint density at radius 2 is 1.71 bits per heavy atom. The van der Waals surface area contributed by atoms with Crippen LogP contribution in [0.1, 0.15) is 60.3 Å². The van der Waals surface area contributed by atoms with Crippen molar-refractivity contribution < 1.29 is 23.9 Å². The highest BCUT2D eigenvalue weighted by atomic mass is 28.4. The first-order valence-corrected chi connectivity index (χ1v) is 11.8. The van der Waals surface area contributed by atoms with E-state index in [-0.39, 0.29) is 5.04 Å². The van der Waals surface area contributed by atoms with Gasteiger partial charge in [0.15, 0.2) is 8.32 Å². The molecule has 0 aliphatic carbocycles. The van der Waals surface area contributed by atoms with Crippen molar-refractivity contribution in [3.8, 4) is 0 Å². The molecule has 0 saturated heterocycles. The normalized spacial score (nSPS) is 16.3. The van der Waals surface area contributed by atoms with Crippen LogP contribution in [0, 0.1) is 11.8 Å². The van der Waals surface area contributed by atoms with Gasteiger partial charge in [0.05, 0.1) is 25.0 Å². The molecule has 0 heterocycles. The van der Waals surface area contributed by atoms with E-state index in [1.165, 1.54) is 7.11 Å². The lowest BCUT2D eigenvalue weighted by Gasteiger charge is -2.41. The third-order valence-corrected chi connectivity index (χ3v) is 9.65. The molecule has 0 aliphatic heterocycles. The van der Waals surface area contributed by atoms with Gasteiger partial charge in [0.25, 0.3) is 0 Å². The molecule has 6 heteroatoms. The van der Waals surface area contributed by atoms with Crippen molar-refractivity contribution in [3.63, 3.8) is 0 Å². The van der Waals surface area contributed by atoms with Crippen molar-refractivity contribution in [1.29, 1.82) is 0 Å². The maximum Gasteiger partial charge on any atom is 0.312 e. The topological polar surface area (TPSA) is 72.8 Å². The van der Waals surface area contributed by atoms with Crippen molar-refractivity contribution in [2.24, 2.45) is 11.8 Å². The highest BCUT2D eigenvalue weighted by Crippen LogP contribution is 2.39. The van der Waals surface area contributed by atoms with E-state index in [2.05, 4.69) is 40.8 Å². The number of carbonyl (C=O) groups is 2. The first-order chi connectivity index (χ1) is 10.9. The molecule has 1 N–H and O–H groups in total. The highest BCUT2D eigenvalue weighted by molar-refractivity contribution is 6.74. The zero-order chi connectivity index (χ0) is 19.1. The predicted octanol–water partition coefficient (Wildman–Crippen LogP) is 4.47. The largest absolute Gasteiger partial charge is 0.481 e. The standard InChI is InChI=1S/C18H36O5Si/c1-9-10-11-12-14(23-24(7,8)18(3,4)5)15(17(21)22-6)13(2)16(19)20/h13-15H,9-12H2,1-8H3,(H,19,20)/t13-,14-,15-/m0/s1. The van der Waals surface area contributed by atoms with Gasteiger partial charge in [-0.15, -0.1) is 0 Å². The lowest BCUT2D eigenvalue weighted by Crippen LogP contribution is -2.49. The Hall–Kier alpha value is -0.883. The van der Waals surface area contributed by atoms with Crippen molar-refractivity contribution in [1.82, 2.24) is 0 Å². The summed E-state index contributed by atoms with van der Waals surface area (Å²) < 4.78 is 11.4. The molecule has 0 saturated carbocycles. The van der Waals surface area contributed by atoms with Crippen molar-refractivity contribution in [2.45, 2.75) is 84.5 Å². The molecule has 0 spiro atoms. The SMILES string of the molecule is CCCCC[C@H](O[Si](C)(C)C(C)(C)C)[C@@H](C(=O)OC)[C@H](C)C(=O)O. The number of carbonyl (C=O) groups excluding carboxylic acids is 1. The fourth-order valence-corrected chi connectivity index (χ4v) is 3.80. The van der Waals surface area contributed by atoms with Crippen LogP contribution in [0.3, 0.4) is 0 Å². The third-order valence-electron chi connectivity index (χ3n) is 5.15. The van der Waals surface area contributed by atoms with E-state index in [0.29, 0.717) is 6.42 Å². The zero-order valence-electron chi connectivity index (χ0n) is 16.6. The third kappa shape index (κ3) is 6.55. The number of hydrogen-bond donors (Lipinski definition) is 1. The van der Waals surface area contributed by atoms with E-state index in [0.717, 1.165) is 19.3 Å². The molecule has 0 rings (SSSR count). The summed E-state index contributed by atoms with van der Waals surface area (Å²) in [4.78, 5) is 23.8. The highest BCUT2D eigenvalue weighted by Gasteiger charge is 2.44. The molecule has 5 nitrogen and oxygen atoms in total. The van der Waals surface area contributed by atoms with Crippen LogP contribution in [-0.4, -0.2) is 38.6 Å². The lowest BCUT2D eigenvalue weighted by atomic mass is 9.86. The monoisotopic (exact) mass is 360 g/mol. The van der Waals surface area contributed by atoms with Crippen LogP contribution < -0.4 is 0 Å². The second-order valence-electron chi connectivity index (χ2n) is 8.09. The molecule has 0 aromatic carbocycles. The Kier molecular flexibility index (Phi) is 9.21. The van der Waals surface area contributed by atoms with Gasteiger partial charge in [0, 0.05) is 0 Å². The Morgan fingerprint density at radius 1 is 1.17 bits per heavy atom. The smallest absolute Gasteiger partial charge is 0.312 e.